The van der Waals surface area contributed by atoms with Crippen LogP contribution in [0.15, 0.2) is 10.7 Å². The maximum Gasteiger partial charge on any atom is 0.145 e. The minimum absolute atomic E-state index is 0.166. The topological polar surface area (TPSA) is 26.0 Å². The van der Waals surface area contributed by atoms with Crippen LogP contribution in [0, 0.1) is 11.3 Å². The first kappa shape index (κ1) is 10.4. The average molecular weight is 219 g/mol. The van der Waals surface area contributed by atoms with Crippen molar-refractivity contribution in [1.82, 2.24) is 5.16 Å². The molecule has 0 aliphatic heterocycles. The van der Waals surface area contributed by atoms with E-state index in [0.29, 0.717) is 5.41 Å². The summed E-state index contributed by atoms with van der Waals surface area (Å²) >= 11 is 0. The minimum Gasteiger partial charge on any atom is -0.361 e. The molecule has 1 aromatic heterocycles. The van der Waals surface area contributed by atoms with E-state index < -0.39 is 0 Å². The Kier molecular flexibility index (Phi) is 2.02. The number of fused-ring (bicyclic) bond motifs is 2. The van der Waals surface area contributed by atoms with Crippen LogP contribution >= 0.6 is 0 Å². The standard InChI is InChI=1S/C14H21NO/c1-13(2)11-6-4-5-7-14(11,3)8-10-9-15-16-12(10)13/h9,11H,4-8H2,1-3H3. The Labute approximate surface area is 97.4 Å². The van der Waals surface area contributed by atoms with Crippen molar-refractivity contribution in [3.63, 3.8) is 0 Å². The van der Waals surface area contributed by atoms with E-state index in [9.17, 15) is 0 Å². The molecule has 1 saturated carbocycles. The molecule has 2 nitrogen and oxygen atoms in total. The maximum atomic E-state index is 5.52. The second kappa shape index (κ2) is 3.12. The van der Waals surface area contributed by atoms with Crippen molar-refractivity contribution in [3.8, 4) is 0 Å². The van der Waals surface area contributed by atoms with Crippen molar-refractivity contribution >= 4 is 0 Å². The number of hydrogen-bond acceptors (Lipinski definition) is 2. The third kappa shape index (κ3) is 1.22. The molecule has 2 heteroatoms. The van der Waals surface area contributed by atoms with Gasteiger partial charge in [0.25, 0.3) is 0 Å². The van der Waals surface area contributed by atoms with Gasteiger partial charge < -0.3 is 4.52 Å². The molecule has 0 bridgehead atoms. The second-order valence-corrected chi connectivity index (χ2v) is 6.53. The number of aromatic nitrogens is 1. The van der Waals surface area contributed by atoms with Gasteiger partial charge in [-0.15, -0.1) is 0 Å². The van der Waals surface area contributed by atoms with Gasteiger partial charge in [-0.1, -0.05) is 38.8 Å². The van der Waals surface area contributed by atoms with Crippen molar-refractivity contribution in [1.29, 1.82) is 0 Å². The fourth-order valence-corrected chi connectivity index (χ4v) is 4.35. The third-order valence-electron chi connectivity index (χ3n) is 5.03. The predicted molar refractivity (Wildman–Crippen MR) is 63.3 cm³/mol. The van der Waals surface area contributed by atoms with E-state index in [4.69, 9.17) is 4.52 Å². The first-order valence-electron chi connectivity index (χ1n) is 6.48. The quantitative estimate of drug-likeness (QED) is 0.665. The zero-order valence-corrected chi connectivity index (χ0v) is 10.5. The minimum atomic E-state index is 0.166. The molecule has 0 amide bonds. The van der Waals surface area contributed by atoms with Crippen LogP contribution in [0.5, 0.6) is 0 Å². The van der Waals surface area contributed by atoms with Gasteiger partial charge in [0.1, 0.15) is 5.76 Å². The highest BCUT2D eigenvalue weighted by Crippen LogP contribution is 2.56. The van der Waals surface area contributed by atoms with Crippen LogP contribution in [-0.2, 0) is 11.8 Å². The first-order valence-corrected chi connectivity index (χ1v) is 6.48. The van der Waals surface area contributed by atoms with E-state index in [1.165, 1.54) is 37.7 Å². The van der Waals surface area contributed by atoms with Crippen molar-refractivity contribution in [2.24, 2.45) is 11.3 Å². The molecule has 2 unspecified atom stereocenters. The van der Waals surface area contributed by atoms with Gasteiger partial charge in [0.15, 0.2) is 0 Å². The van der Waals surface area contributed by atoms with Crippen LogP contribution in [-0.4, -0.2) is 5.16 Å². The van der Waals surface area contributed by atoms with E-state index in [0.717, 1.165) is 11.7 Å². The Bertz CT molecular complexity index is 407. The van der Waals surface area contributed by atoms with E-state index in [1.807, 2.05) is 6.20 Å². The summed E-state index contributed by atoms with van der Waals surface area (Å²) in [5.41, 5.74) is 1.99. The van der Waals surface area contributed by atoms with E-state index in [-0.39, 0.29) is 5.41 Å². The summed E-state index contributed by atoms with van der Waals surface area (Å²) in [6.07, 6.45) is 8.60. The van der Waals surface area contributed by atoms with Crippen LogP contribution < -0.4 is 0 Å². The molecule has 0 aromatic carbocycles. The van der Waals surface area contributed by atoms with Gasteiger partial charge in [-0.3, -0.25) is 0 Å². The van der Waals surface area contributed by atoms with Gasteiger partial charge in [-0.05, 0) is 30.6 Å². The third-order valence-corrected chi connectivity index (χ3v) is 5.03. The lowest BCUT2D eigenvalue weighted by molar-refractivity contribution is 0.0282. The highest BCUT2D eigenvalue weighted by molar-refractivity contribution is 5.30. The van der Waals surface area contributed by atoms with Crippen molar-refractivity contribution < 1.29 is 4.52 Å². The lowest BCUT2D eigenvalue weighted by Gasteiger charge is -2.52. The largest absolute Gasteiger partial charge is 0.361 e. The predicted octanol–water partition coefficient (Wildman–Crippen LogP) is 3.70. The van der Waals surface area contributed by atoms with Crippen LogP contribution in [0.3, 0.4) is 0 Å². The van der Waals surface area contributed by atoms with Gasteiger partial charge in [-0.2, -0.15) is 0 Å². The average Bonchev–Trinajstić information content (AvgIpc) is 2.65. The van der Waals surface area contributed by atoms with Crippen LogP contribution in [0.1, 0.15) is 57.8 Å². The monoisotopic (exact) mass is 219 g/mol. The molecule has 2 aliphatic carbocycles. The van der Waals surface area contributed by atoms with Gasteiger partial charge in [0.2, 0.25) is 0 Å². The molecule has 88 valence electrons. The normalized spacial score (nSPS) is 36.6. The van der Waals surface area contributed by atoms with Crippen molar-refractivity contribution in [2.45, 2.75) is 58.3 Å². The summed E-state index contributed by atoms with van der Waals surface area (Å²) in [6, 6.07) is 0. The SMILES string of the molecule is CC12CCCCC1C(C)(C)c1oncc1C2. The maximum absolute atomic E-state index is 5.52. The molecule has 0 saturated heterocycles. The molecule has 3 rings (SSSR count). The van der Waals surface area contributed by atoms with Crippen LogP contribution in [0.4, 0.5) is 0 Å². The molecule has 0 spiro atoms. The molecule has 1 heterocycles. The summed E-state index contributed by atoms with van der Waals surface area (Å²) in [6.45, 7) is 7.14. The zero-order chi connectivity index (χ0) is 11.4. The summed E-state index contributed by atoms with van der Waals surface area (Å²) in [7, 11) is 0. The Morgan fingerprint density at radius 2 is 2.12 bits per heavy atom. The van der Waals surface area contributed by atoms with Crippen molar-refractivity contribution in [3.05, 3.63) is 17.5 Å². The van der Waals surface area contributed by atoms with E-state index in [2.05, 4.69) is 25.9 Å². The molecule has 0 radical (unpaired) electrons. The fraction of sp³-hybridized carbons (Fsp3) is 0.786. The summed E-state index contributed by atoms with van der Waals surface area (Å²) in [4.78, 5) is 0. The number of hydrogen-bond donors (Lipinski definition) is 0. The summed E-state index contributed by atoms with van der Waals surface area (Å²) in [5.74, 6) is 1.91. The molecule has 1 aromatic rings. The molecule has 2 atom stereocenters. The molecular weight excluding hydrogens is 198 g/mol. The van der Waals surface area contributed by atoms with Crippen LogP contribution in [0.25, 0.3) is 0 Å². The lowest BCUT2D eigenvalue weighted by Crippen LogP contribution is -2.47. The van der Waals surface area contributed by atoms with Crippen LogP contribution in [0.2, 0.25) is 0 Å². The summed E-state index contributed by atoms with van der Waals surface area (Å²) in [5, 5.41) is 4.01. The Morgan fingerprint density at radius 1 is 1.31 bits per heavy atom. The number of nitrogens with zero attached hydrogens (tertiary/aromatic N) is 1. The Morgan fingerprint density at radius 3 is 2.94 bits per heavy atom. The Hall–Kier alpha value is -0.790. The van der Waals surface area contributed by atoms with Gasteiger partial charge in [0, 0.05) is 11.0 Å². The number of rotatable bonds is 0. The lowest BCUT2D eigenvalue weighted by atomic mass is 9.52. The smallest absolute Gasteiger partial charge is 0.145 e. The van der Waals surface area contributed by atoms with Gasteiger partial charge in [-0.25, -0.2) is 0 Å². The van der Waals surface area contributed by atoms with Gasteiger partial charge >= 0.3 is 0 Å². The highest BCUT2D eigenvalue weighted by Gasteiger charge is 2.51. The molecule has 2 aliphatic rings. The summed E-state index contributed by atoms with van der Waals surface area (Å²) < 4.78 is 5.52. The first-order chi connectivity index (χ1) is 7.54. The fourth-order valence-electron chi connectivity index (χ4n) is 4.35. The van der Waals surface area contributed by atoms with Crippen molar-refractivity contribution in [2.75, 3.05) is 0 Å². The molecular formula is C14H21NO. The van der Waals surface area contributed by atoms with E-state index in [1.54, 1.807) is 0 Å². The van der Waals surface area contributed by atoms with Gasteiger partial charge in [0.05, 0.1) is 6.20 Å². The molecule has 0 N–H and O–H groups in total. The molecule has 1 fully saturated rings. The second-order valence-electron chi connectivity index (χ2n) is 6.53. The highest BCUT2D eigenvalue weighted by atomic mass is 16.5. The molecule has 16 heavy (non-hydrogen) atoms. The zero-order valence-electron chi connectivity index (χ0n) is 10.5. The van der Waals surface area contributed by atoms with E-state index >= 15 is 0 Å². The Balaban J connectivity index is 2.11.